The van der Waals surface area contributed by atoms with Crippen molar-refractivity contribution in [1.29, 1.82) is 0 Å². The molecule has 1 aromatic heterocycles. The molecule has 6 nitrogen and oxygen atoms in total. The number of rotatable bonds is 4. The smallest absolute Gasteiger partial charge is 0.258 e. The second kappa shape index (κ2) is 6.99. The summed E-state index contributed by atoms with van der Waals surface area (Å²) in [5.41, 5.74) is 1.15. The van der Waals surface area contributed by atoms with Gasteiger partial charge in [0.1, 0.15) is 11.5 Å². The summed E-state index contributed by atoms with van der Waals surface area (Å²) < 4.78 is 0.864. The normalized spacial score (nSPS) is 18.8. The van der Waals surface area contributed by atoms with Crippen LogP contribution in [0.1, 0.15) is 43.4 Å². The molecule has 7 heteroatoms. The molecule has 1 amide bonds. The first-order chi connectivity index (χ1) is 13.6. The molecule has 4 rings (SSSR count). The van der Waals surface area contributed by atoms with Crippen LogP contribution in [0.3, 0.4) is 0 Å². The first-order valence-electron chi connectivity index (χ1n) is 9.52. The zero-order valence-electron chi connectivity index (χ0n) is 16.6. The van der Waals surface area contributed by atoms with Gasteiger partial charge in [0.25, 0.3) is 11.5 Å². The van der Waals surface area contributed by atoms with Crippen molar-refractivity contribution in [2.75, 3.05) is 5.32 Å². The zero-order chi connectivity index (χ0) is 20.8. The molecule has 1 aliphatic rings. The summed E-state index contributed by atoms with van der Waals surface area (Å²) in [5, 5.41) is 7.15. The molecule has 2 aromatic carbocycles. The van der Waals surface area contributed by atoms with E-state index in [0.29, 0.717) is 35.1 Å². The van der Waals surface area contributed by atoms with Crippen molar-refractivity contribution in [3.05, 3.63) is 68.7 Å². The number of aromatic nitrogens is 2. The Bertz CT molecular complexity index is 1170. The van der Waals surface area contributed by atoms with Crippen LogP contribution in [0.2, 0.25) is 0 Å². The summed E-state index contributed by atoms with van der Waals surface area (Å²) in [5.74, 6) is 0.546. The van der Waals surface area contributed by atoms with Gasteiger partial charge in [-0.15, -0.1) is 0 Å². The third-order valence-electron chi connectivity index (χ3n) is 5.17. The molecule has 0 spiro atoms. The maximum Gasteiger partial charge on any atom is 0.258 e. The standard InChI is InChI=1S/C22H23BrN4O2/c1-21(2,11-18-24-16-7-5-4-6-14(16)19(28)25-18)12-22(3)26-17-9-8-13(23)10-15(17)20(29)27-22/h4-10,26H,11-12H2,1-3H3,(H,27,29)(H,24,25,28). The fraction of sp³-hybridized carbons (Fsp3) is 0.318. The molecular weight excluding hydrogens is 432 g/mol. The molecule has 0 saturated heterocycles. The van der Waals surface area contributed by atoms with Crippen LogP contribution in [-0.2, 0) is 6.42 Å². The minimum Gasteiger partial charge on any atom is -0.362 e. The van der Waals surface area contributed by atoms with Crippen molar-refractivity contribution < 1.29 is 4.79 Å². The summed E-state index contributed by atoms with van der Waals surface area (Å²) in [4.78, 5) is 32.6. The van der Waals surface area contributed by atoms with Crippen LogP contribution >= 0.6 is 15.9 Å². The maximum atomic E-state index is 12.7. The van der Waals surface area contributed by atoms with E-state index in [1.807, 2.05) is 43.3 Å². The van der Waals surface area contributed by atoms with Crippen molar-refractivity contribution >= 4 is 38.4 Å². The SMILES string of the molecule is CC(C)(Cc1nc2ccccc2c(=O)[nH]1)CC1(C)NC(=O)c2cc(Br)ccc2N1. The van der Waals surface area contributed by atoms with Gasteiger partial charge in [-0.2, -0.15) is 0 Å². The van der Waals surface area contributed by atoms with E-state index >= 15 is 0 Å². The lowest BCUT2D eigenvalue weighted by atomic mass is 9.79. The van der Waals surface area contributed by atoms with Crippen LogP contribution in [-0.4, -0.2) is 21.5 Å². The molecule has 150 valence electrons. The number of hydrogen-bond donors (Lipinski definition) is 3. The Kier molecular flexibility index (Phi) is 4.73. The van der Waals surface area contributed by atoms with Crippen LogP contribution in [0.4, 0.5) is 5.69 Å². The number of anilines is 1. The van der Waals surface area contributed by atoms with Crippen LogP contribution in [0, 0.1) is 5.41 Å². The number of nitrogens with zero attached hydrogens (tertiary/aromatic N) is 1. The first kappa shape index (κ1) is 19.6. The van der Waals surface area contributed by atoms with Crippen molar-refractivity contribution in [3.8, 4) is 0 Å². The fourth-order valence-electron chi connectivity index (χ4n) is 4.24. The van der Waals surface area contributed by atoms with E-state index in [1.54, 1.807) is 6.07 Å². The number of aromatic amines is 1. The predicted molar refractivity (Wildman–Crippen MR) is 118 cm³/mol. The minimum atomic E-state index is -0.613. The molecule has 1 aliphatic heterocycles. The maximum absolute atomic E-state index is 12.7. The molecule has 29 heavy (non-hydrogen) atoms. The highest BCUT2D eigenvalue weighted by atomic mass is 79.9. The summed E-state index contributed by atoms with van der Waals surface area (Å²) in [6, 6.07) is 13.0. The highest BCUT2D eigenvalue weighted by molar-refractivity contribution is 9.10. The Morgan fingerprint density at radius 3 is 2.66 bits per heavy atom. The highest BCUT2D eigenvalue weighted by Gasteiger charge is 2.38. The summed E-state index contributed by atoms with van der Waals surface area (Å²) in [7, 11) is 0. The van der Waals surface area contributed by atoms with Crippen molar-refractivity contribution in [2.24, 2.45) is 5.41 Å². The Hall–Kier alpha value is -2.67. The Labute approximate surface area is 177 Å². The van der Waals surface area contributed by atoms with Crippen LogP contribution in [0.5, 0.6) is 0 Å². The van der Waals surface area contributed by atoms with Gasteiger partial charge < -0.3 is 15.6 Å². The molecule has 1 atom stereocenters. The number of carbonyl (C=O) groups is 1. The number of amides is 1. The molecule has 0 bridgehead atoms. The monoisotopic (exact) mass is 454 g/mol. The Balaban J connectivity index is 1.58. The molecule has 2 heterocycles. The largest absolute Gasteiger partial charge is 0.362 e. The quantitative estimate of drug-likeness (QED) is 0.550. The van der Waals surface area contributed by atoms with Gasteiger partial charge in [0.05, 0.1) is 16.5 Å². The van der Waals surface area contributed by atoms with Crippen LogP contribution in [0.15, 0.2) is 51.7 Å². The molecular formula is C22H23BrN4O2. The van der Waals surface area contributed by atoms with E-state index in [2.05, 4.69) is 50.4 Å². The number of para-hydroxylation sites is 1. The number of H-pyrrole nitrogens is 1. The number of carbonyl (C=O) groups excluding carboxylic acids is 1. The van der Waals surface area contributed by atoms with Gasteiger partial charge in [0.15, 0.2) is 0 Å². The van der Waals surface area contributed by atoms with Crippen molar-refractivity contribution in [2.45, 2.75) is 39.3 Å². The van der Waals surface area contributed by atoms with Crippen molar-refractivity contribution in [3.63, 3.8) is 0 Å². The van der Waals surface area contributed by atoms with Gasteiger partial charge in [-0.3, -0.25) is 9.59 Å². The van der Waals surface area contributed by atoms with Crippen molar-refractivity contribution in [1.82, 2.24) is 15.3 Å². The third kappa shape index (κ3) is 4.05. The molecule has 0 radical (unpaired) electrons. The third-order valence-corrected chi connectivity index (χ3v) is 5.66. The van der Waals surface area contributed by atoms with Gasteiger partial charge in [0, 0.05) is 16.6 Å². The van der Waals surface area contributed by atoms with Gasteiger partial charge >= 0.3 is 0 Å². The topological polar surface area (TPSA) is 86.9 Å². The molecule has 3 aromatic rings. The van der Waals surface area contributed by atoms with Gasteiger partial charge in [0.2, 0.25) is 0 Å². The summed E-state index contributed by atoms with van der Waals surface area (Å²) >= 11 is 3.41. The van der Waals surface area contributed by atoms with E-state index < -0.39 is 5.66 Å². The van der Waals surface area contributed by atoms with E-state index in [1.165, 1.54) is 0 Å². The number of hydrogen-bond acceptors (Lipinski definition) is 4. The van der Waals surface area contributed by atoms with Gasteiger partial charge in [-0.1, -0.05) is 41.9 Å². The lowest BCUT2D eigenvalue weighted by molar-refractivity contribution is 0.0880. The highest BCUT2D eigenvalue weighted by Crippen LogP contribution is 2.35. The predicted octanol–water partition coefficient (Wildman–Crippen LogP) is 4.22. The lowest BCUT2D eigenvalue weighted by Crippen LogP contribution is -2.57. The molecule has 3 N–H and O–H groups in total. The number of fused-ring (bicyclic) bond motifs is 2. The van der Waals surface area contributed by atoms with Crippen LogP contribution in [0.25, 0.3) is 10.9 Å². The minimum absolute atomic E-state index is 0.101. The van der Waals surface area contributed by atoms with E-state index in [9.17, 15) is 9.59 Å². The first-order valence-corrected chi connectivity index (χ1v) is 10.3. The van der Waals surface area contributed by atoms with Crippen LogP contribution < -0.4 is 16.2 Å². The Morgan fingerprint density at radius 2 is 1.86 bits per heavy atom. The molecule has 1 unspecified atom stereocenters. The van der Waals surface area contributed by atoms with E-state index in [0.717, 1.165) is 10.2 Å². The second-order valence-corrected chi connectivity index (χ2v) is 9.56. The second-order valence-electron chi connectivity index (χ2n) is 8.65. The summed E-state index contributed by atoms with van der Waals surface area (Å²) in [6.07, 6.45) is 1.23. The average molecular weight is 455 g/mol. The van der Waals surface area contributed by atoms with E-state index in [-0.39, 0.29) is 16.9 Å². The molecule has 0 saturated carbocycles. The number of halogens is 1. The number of nitrogens with one attached hydrogen (secondary N) is 3. The molecule has 0 aliphatic carbocycles. The van der Waals surface area contributed by atoms with E-state index in [4.69, 9.17) is 0 Å². The number of benzene rings is 2. The average Bonchev–Trinajstić information content (AvgIpc) is 2.61. The zero-order valence-corrected chi connectivity index (χ0v) is 18.2. The Morgan fingerprint density at radius 1 is 1.10 bits per heavy atom. The fourth-order valence-corrected chi connectivity index (χ4v) is 4.60. The molecule has 0 fully saturated rings. The summed E-state index contributed by atoms with van der Waals surface area (Å²) in [6.45, 7) is 6.20. The lowest BCUT2D eigenvalue weighted by Gasteiger charge is -2.42. The van der Waals surface area contributed by atoms with Gasteiger partial charge in [-0.05, 0) is 49.1 Å². The van der Waals surface area contributed by atoms with Gasteiger partial charge in [-0.25, -0.2) is 4.98 Å².